The minimum absolute atomic E-state index is 0.0492. The van der Waals surface area contributed by atoms with Crippen LogP contribution in [0.5, 0.6) is 5.75 Å². The van der Waals surface area contributed by atoms with Gasteiger partial charge in [-0.15, -0.1) is 0 Å². The van der Waals surface area contributed by atoms with Gasteiger partial charge in [0.2, 0.25) is 5.82 Å². The number of halogens is 4. The van der Waals surface area contributed by atoms with Gasteiger partial charge in [-0.3, -0.25) is 0 Å². The molecule has 1 aliphatic rings. The molecule has 3 aromatic rings. The fraction of sp³-hybridized carbons (Fsp3) is 0.286. The van der Waals surface area contributed by atoms with Crippen LogP contribution in [-0.4, -0.2) is 13.2 Å². The quantitative estimate of drug-likeness (QED) is 0.268. The molecule has 0 aromatic heterocycles. The first-order valence-electron chi connectivity index (χ1n) is 11.3. The number of hydrogen-bond donors (Lipinski definition) is 0. The highest BCUT2D eigenvalue weighted by atomic mass is 19.2. The normalized spacial score (nSPS) is 18.4. The first-order chi connectivity index (χ1) is 16.4. The molecule has 34 heavy (non-hydrogen) atoms. The van der Waals surface area contributed by atoms with Gasteiger partial charge in [-0.1, -0.05) is 55.5 Å². The van der Waals surface area contributed by atoms with Crippen molar-refractivity contribution in [3.05, 3.63) is 89.5 Å². The minimum atomic E-state index is -1.07. The monoisotopic (exact) mass is 470 g/mol. The molecule has 1 aliphatic heterocycles. The summed E-state index contributed by atoms with van der Waals surface area (Å²) in [7, 11) is 0. The van der Waals surface area contributed by atoms with E-state index in [0.29, 0.717) is 30.1 Å². The lowest BCUT2D eigenvalue weighted by Gasteiger charge is -2.27. The Morgan fingerprint density at radius 2 is 1.44 bits per heavy atom. The average molecular weight is 471 g/mol. The third kappa shape index (κ3) is 4.87. The van der Waals surface area contributed by atoms with Crippen molar-refractivity contribution in [2.24, 2.45) is 5.92 Å². The fourth-order valence-corrected chi connectivity index (χ4v) is 4.09. The highest BCUT2D eigenvalue weighted by Gasteiger charge is 2.26. The average Bonchev–Trinajstić information content (AvgIpc) is 2.85. The molecule has 6 heteroatoms. The number of hydrogen-bond acceptors (Lipinski definition) is 2. The van der Waals surface area contributed by atoms with Gasteiger partial charge in [0.25, 0.3) is 0 Å². The third-order valence-electron chi connectivity index (χ3n) is 6.09. The van der Waals surface area contributed by atoms with E-state index >= 15 is 0 Å². The van der Waals surface area contributed by atoms with Crippen molar-refractivity contribution in [2.75, 3.05) is 13.2 Å². The van der Waals surface area contributed by atoms with Gasteiger partial charge in [-0.05, 0) is 48.9 Å². The van der Waals surface area contributed by atoms with E-state index < -0.39 is 29.4 Å². The first-order valence-corrected chi connectivity index (χ1v) is 11.3. The van der Waals surface area contributed by atoms with Gasteiger partial charge in [0.1, 0.15) is 6.61 Å². The van der Waals surface area contributed by atoms with Crippen LogP contribution in [0, 0.1) is 29.2 Å². The molecule has 3 aromatic carbocycles. The zero-order valence-electron chi connectivity index (χ0n) is 19.1. The van der Waals surface area contributed by atoms with Crippen LogP contribution in [0.1, 0.15) is 38.4 Å². The maximum atomic E-state index is 14.9. The summed E-state index contributed by atoms with van der Waals surface area (Å²) in [4.78, 5) is 0. The second-order valence-corrected chi connectivity index (χ2v) is 8.53. The van der Waals surface area contributed by atoms with Gasteiger partial charge < -0.3 is 9.47 Å². The van der Waals surface area contributed by atoms with Gasteiger partial charge in [0, 0.05) is 23.3 Å². The SMILES string of the molecule is C/C=C/COc1ccc(-c2ccc(-c3ccc(C4CCC(C)CO4)c(F)c3F)cc2)c(F)c1F. The van der Waals surface area contributed by atoms with Crippen LogP contribution >= 0.6 is 0 Å². The lowest BCUT2D eigenvalue weighted by molar-refractivity contribution is -0.0144. The van der Waals surface area contributed by atoms with E-state index in [1.165, 1.54) is 18.2 Å². The number of allylic oxidation sites excluding steroid dienone is 1. The molecule has 2 nitrogen and oxygen atoms in total. The summed E-state index contributed by atoms with van der Waals surface area (Å²) < 4.78 is 69.8. The highest BCUT2D eigenvalue weighted by Crippen LogP contribution is 2.36. The van der Waals surface area contributed by atoms with Gasteiger partial charge in [0.05, 0.1) is 6.10 Å². The Morgan fingerprint density at radius 1 is 0.824 bits per heavy atom. The van der Waals surface area contributed by atoms with Crippen LogP contribution < -0.4 is 4.74 Å². The van der Waals surface area contributed by atoms with Crippen molar-refractivity contribution in [1.82, 2.24) is 0 Å². The van der Waals surface area contributed by atoms with Crippen LogP contribution in [0.15, 0.2) is 60.7 Å². The summed E-state index contributed by atoms with van der Waals surface area (Å²) in [5.74, 6) is -3.74. The molecule has 0 N–H and O–H groups in total. The highest BCUT2D eigenvalue weighted by molar-refractivity contribution is 5.71. The van der Waals surface area contributed by atoms with Crippen molar-refractivity contribution in [3.63, 3.8) is 0 Å². The van der Waals surface area contributed by atoms with Gasteiger partial charge in [-0.25, -0.2) is 13.2 Å². The van der Waals surface area contributed by atoms with E-state index in [9.17, 15) is 17.6 Å². The summed E-state index contributed by atoms with van der Waals surface area (Å²) in [5.41, 5.74) is 1.20. The Labute approximate surface area is 196 Å². The van der Waals surface area contributed by atoms with E-state index in [4.69, 9.17) is 9.47 Å². The maximum Gasteiger partial charge on any atom is 0.201 e. The Morgan fingerprint density at radius 3 is 2.03 bits per heavy atom. The summed E-state index contributed by atoms with van der Waals surface area (Å²) >= 11 is 0. The third-order valence-corrected chi connectivity index (χ3v) is 6.09. The molecule has 178 valence electrons. The van der Waals surface area contributed by atoms with E-state index in [1.54, 1.807) is 49.4 Å². The van der Waals surface area contributed by atoms with E-state index in [-0.39, 0.29) is 29.0 Å². The Bertz CT molecular complexity index is 1180. The summed E-state index contributed by atoms with van der Waals surface area (Å²) in [6, 6.07) is 12.1. The lowest BCUT2D eigenvalue weighted by atomic mass is 9.93. The van der Waals surface area contributed by atoms with Crippen molar-refractivity contribution in [3.8, 4) is 28.0 Å². The fourth-order valence-electron chi connectivity index (χ4n) is 4.09. The molecule has 2 unspecified atom stereocenters. The zero-order chi connectivity index (χ0) is 24.2. The van der Waals surface area contributed by atoms with E-state index in [0.717, 1.165) is 6.42 Å². The van der Waals surface area contributed by atoms with Crippen LogP contribution in [0.25, 0.3) is 22.3 Å². The molecule has 0 amide bonds. The van der Waals surface area contributed by atoms with E-state index in [1.807, 2.05) is 0 Å². The molecule has 2 atom stereocenters. The molecule has 1 fully saturated rings. The molecule has 0 spiro atoms. The van der Waals surface area contributed by atoms with Crippen LogP contribution in [-0.2, 0) is 4.74 Å². The molecule has 0 saturated carbocycles. The number of ether oxygens (including phenoxy) is 2. The van der Waals surface area contributed by atoms with Gasteiger partial charge in [0.15, 0.2) is 23.2 Å². The van der Waals surface area contributed by atoms with Crippen LogP contribution in [0.4, 0.5) is 17.6 Å². The predicted octanol–water partition coefficient (Wildman–Crippen LogP) is 8.02. The predicted molar refractivity (Wildman–Crippen MR) is 125 cm³/mol. The van der Waals surface area contributed by atoms with Crippen molar-refractivity contribution in [1.29, 1.82) is 0 Å². The standard InChI is InChI=1S/C28H26F4O2/c1-3-4-15-33-24-14-12-21(26(30)28(24)32)19-8-6-18(7-9-19)20-10-11-22(27(31)25(20)29)23-13-5-17(2)16-34-23/h3-4,6-12,14,17,23H,5,13,15-16H2,1-2H3/b4-3+. The molecule has 0 aliphatic carbocycles. The second kappa shape index (κ2) is 10.4. The maximum absolute atomic E-state index is 14.9. The molecule has 4 rings (SSSR count). The Hall–Kier alpha value is -3.12. The van der Waals surface area contributed by atoms with Gasteiger partial charge in [-0.2, -0.15) is 4.39 Å². The number of benzene rings is 3. The van der Waals surface area contributed by atoms with Crippen LogP contribution in [0.3, 0.4) is 0 Å². The van der Waals surface area contributed by atoms with E-state index in [2.05, 4.69) is 6.92 Å². The topological polar surface area (TPSA) is 18.5 Å². The molecule has 1 heterocycles. The Kier molecular flexibility index (Phi) is 7.37. The van der Waals surface area contributed by atoms with Crippen molar-refractivity contribution >= 4 is 0 Å². The first kappa shape index (κ1) is 24.0. The zero-order valence-corrected chi connectivity index (χ0v) is 19.1. The smallest absolute Gasteiger partial charge is 0.201 e. The summed E-state index contributed by atoms with van der Waals surface area (Å²) in [6.07, 6.45) is 4.52. The summed E-state index contributed by atoms with van der Waals surface area (Å²) in [5, 5.41) is 0. The lowest BCUT2D eigenvalue weighted by Crippen LogP contribution is -2.19. The summed E-state index contributed by atoms with van der Waals surface area (Å²) in [6.45, 7) is 4.52. The molecular formula is C28H26F4O2. The molecule has 0 bridgehead atoms. The van der Waals surface area contributed by atoms with Gasteiger partial charge >= 0.3 is 0 Å². The molecule has 1 saturated heterocycles. The second-order valence-electron chi connectivity index (χ2n) is 8.53. The van der Waals surface area contributed by atoms with Crippen molar-refractivity contribution < 1.29 is 27.0 Å². The van der Waals surface area contributed by atoms with Crippen molar-refractivity contribution in [2.45, 2.75) is 32.8 Å². The molecule has 0 radical (unpaired) electrons. The van der Waals surface area contributed by atoms with Crippen LogP contribution in [0.2, 0.25) is 0 Å². The molecular weight excluding hydrogens is 444 g/mol. The Balaban J connectivity index is 1.57. The minimum Gasteiger partial charge on any atom is -0.486 e. The number of rotatable bonds is 6. The largest absolute Gasteiger partial charge is 0.486 e.